The summed E-state index contributed by atoms with van der Waals surface area (Å²) in [5.41, 5.74) is 1.14. The highest BCUT2D eigenvalue weighted by molar-refractivity contribution is 6.42. The number of ether oxygens (including phenoxy) is 1. The van der Waals surface area contributed by atoms with Gasteiger partial charge in [0.05, 0.1) is 15.6 Å². The van der Waals surface area contributed by atoms with Crippen molar-refractivity contribution in [2.45, 2.75) is 58.1 Å². The van der Waals surface area contributed by atoms with Crippen LogP contribution in [-0.2, 0) is 11.2 Å². The maximum absolute atomic E-state index is 6.10. The second kappa shape index (κ2) is 8.99. The van der Waals surface area contributed by atoms with E-state index >= 15 is 0 Å². The van der Waals surface area contributed by atoms with Crippen LogP contribution in [-0.4, -0.2) is 25.3 Å². The fourth-order valence-electron chi connectivity index (χ4n) is 2.20. The number of rotatable bonds is 9. The lowest BCUT2D eigenvalue weighted by Gasteiger charge is -2.26. The van der Waals surface area contributed by atoms with Crippen LogP contribution in [0.3, 0.4) is 0 Å². The molecule has 1 rings (SSSR count). The molecule has 120 valence electrons. The van der Waals surface area contributed by atoms with Crippen molar-refractivity contribution in [3.05, 3.63) is 33.8 Å². The second-order valence-corrected chi connectivity index (χ2v) is 6.92. The van der Waals surface area contributed by atoms with E-state index in [1.54, 1.807) is 7.11 Å². The number of hydrogen-bond acceptors (Lipinski definition) is 2. The molecule has 0 saturated heterocycles. The number of halogens is 2. The molecule has 0 radical (unpaired) electrons. The first-order valence-corrected chi connectivity index (χ1v) is 8.36. The number of hydrogen-bond donors (Lipinski definition) is 1. The Labute approximate surface area is 139 Å². The Kier molecular flexibility index (Phi) is 8.04. The zero-order valence-corrected chi connectivity index (χ0v) is 15.0. The second-order valence-electron chi connectivity index (χ2n) is 6.11. The average molecular weight is 332 g/mol. The van der Waals surface area contributed by atoms with Crippen molar-refractivity contribution in [3.8, 4) is 0 Å². The van der Waals surface area contributed by atoms with Crippen LogP contribution in [0.4, 0.5) is 0 Å². The van der Waals surface area contributed by atoms with E-state index in [-0.39, 0.29) is 5.60 Å². The normalized spacial score (nSPS) is 13.4. The predicted octanol–water partition coefficient (Wildman–Crippen LogP) is 5.11. The molecule has 2 nitrogen and oxygen atoms in total. The van der Waals surface area contributed by atoms with Crippen molar-refractivity contribution >= 4 is 23.2 Å². The van der Waals surface area contributed by atoms with E-state index < -0.39 is 0 Å². The lowest BCUT2D eigenvalue weighted by Crippen LogP contribution is -2.34. The van der Waals surface area contributed by atoms with Crippen molar-refractivity contribution in [3.63, 3.8) is 0 Å². The van der Waals surface area contributed by atoms with Gasteiger partial charge in [-0.3, -0.25) is 0 Å². The first kappa shape index (κ1) is 18.8. The summed E-state index contributed by atoms with van der Waals surface area (Å²) in [6.07, 6.45) is 4.18. The molecule has 0 amide bonds. The van der Waals surface area contributed by atoms with Gasteiger partial charge in [-0.25, -0.2) is 0 Å². The molecule has 0 heterocycles. The van der Waals surface area contributed by atoms with Crippen LogP contribution >= 0.6 is 23.2 Å². The molecule has 4 heteroatoms. The Morgan fingerprint density at radius 1 is 1.24 bits per heavy atom. The van der Waals surface area contributed by atoms with Crippen LogP contribution < -0.4 is 5.32 Å². The molecule has 0 fully saturated rings. The van der Waals surface area contributed by atoms with Crippen molar-refractivity contribution in [2.24, 2.45) is 0 Å². The Hall–Kier alpha value is -0.280. The van der Waals surface area contributed by atoms with E-state index in [2.05, 4.69) is 32.2 Å². The van der Waals surface area contributed by atoms with Gasteiger partial charge in [-0.1, -0.05) is 36.2 Å². The van der Waals surface area contributed by atoms with Gasteiger partial charge >= 0.3 is 0 Å². The molecular weight excluding hydrogens is 305 g/mol. The molecular formula is C17H27Cl2NO. The minimum absolute atomic E-state index is 0.0796. The molecule has 1 aromatic carbocycles. The minimum atomic E-state index is -0.0796. The summed E-state index contributed by atoms with van der Waals surface area (Å²) in [4.78, 5) is 0. The van der Waals surface area contributed by atoms with Crippen LogP contribution in [0.25, 0.3) is 0 Å². The molecule has 0 bridgehead atoms. The Bertz CT molecular complexity index is 435. The van der Waals surface area contributed by atoms with Gasteiger partial charge in [-0.15, -0.1) is 0 Å². The standard InChI is InChI=1S/C17H27Cl2NO/c1-5-10-20-14(8-9-17(2,3)21-4)11-13-6-7-15(18)16(19)12-13/h6-7,12,14,20H,5,8-11H2,1-4H3. The van der Waals surface area contributed by atoms with E-state index in [4.69, 9.17) is 27.9 Å². The predicted molar refractivity (Wildman–Crippen MR) is 92.6 cm³/mol. The van der Waals surface area contributed by atoms with Crippen LogP contribution in [0.5, 0.6) is 0 Å². The molecule has 1 aromatic rings. The highest BCUT2D eigenvalue weighted by Crippen LogP contribution is 2.24. The van der Waals surface area contributed by atoms with E-state index in [1.165, 1.54) is 5.56 Å². The van der Waals surface area contributed by atoms with Gasteiger partial charge in [-0.05, 0) is 63.8 Å². The number of methoxy groups -OCH3 is 1. The zero-order valence-electron chi connectivity index (χ0n) is 13.5. The number of nitrogens with one attached hydrogen (secondary N) is 1. The SMILES string of the molecule is CCCNC(CCC(C)(C)OC)Cc1ccc(Cl)c(Cl)c1. The van der Waals surface area contributed by atoms with Crippen molar-refractivity contribution in [1.29, 1.82) is 0 Å². The van der Waals surface area contributed by atoms with Gasteiger partial charge < -0.3 is 10.1 Å². The lowest BCUT2D eigenvalue weighted by molar-refractivity contribution is 0.0117. The highest BCUT2D eigenvalue weighted by atomic mass is 35.5. The topological polar surface area (TPSA) is 21.3 Å². The molecule has 0 spiro atoms. The molecule has 0 saturated carbocycles. The molecule has 0 aliphatic carbocycles. The van der Waals surface area contributed by atoms with E-state index in [9.17, 15) is 0 Å². The monoisotopic (exact) mass is 331 g/mol. The molecule has 0 aromatic heterocycles. The molecule has 21 heavy (non-hydrogen) atoms. The summed E-state index contributed by atoms with van der Waals surface area (Å²) < 4.78 is 5.51. The van der Waals surface area contributed by atoms with Gasteiger partial charge in [-0.2, -0.15) is 0 Å². The third kappa shape index (κ3) is 7.01. The molecule has 1 unspecified atom stereocenters. The van der Waals surface area contributed by atoms with Crippen LogP contribution in [0.2, 0.25) is 10.0 Å². The smallest absolute Gasteiger partial charge is 0.0623 e. The Balaban J connectivity index is 2.66. The summed E-state index contributed by atoms with van der Waals surface area (Å²) in [7, 11) is 1.77. The number of benzene rings is 1. The quantitative estimate of drug-likeness (QED) is 0.678. The zero-order chi connectivity index (χ0) is 15.9. The fourth-order valence-corrected chi connectivity index (χ4v) is 2.52. The maximum atomic E-state index is 6.10. The summed E-state index contributed by atoms with van der Waals surface area (Å²) >= 11 is 12.1. The van der Waals surface area contributed by atoms with Gasteiger partial charge in [0.15, 0.2) is 0 Å². The lowest BCUT2D eigenvalue weighted by atomic mass is 9.95. The van der Waals surface area contributed by atoms with Gasteiger partial charge in [0.2, 0.25) is 0 Å². The van der Waals surface area contributed by atoms with Crippen LogP contribution in [0.1, 0.15) is 45.6 Å². The summed E-state index contributed by atoms with van der Waals surface area (Å²) in [5.74, 6) is 0. The minimum Gasteiger partial charge on any atom is -0.379 e. The van der Waals surface area contributed by atoms with E-state index in [0.717, 1.165) is 32.2 Å². The maximum Gasteiger partial charge on any atom is 0.0623 e. The molecule has 1 N–H and O–H groups in total. The van der Waals surface area contributed by atoms with Gasteiger partial charge in [0, 0.05) is 13.2 Å². The van der Waals surface area contributed by atoms with Gasteiger partial charge in [0.1, 0.15) is 0 Å². The largest absolute Gasteiger partial charge is 0.379 e. The first-order valence-electron chi connectivity index (χ1n) is 7.60. The van der Waals surface area contributed by atoms with E-state index in [0.29, 0.717) is 16.1 Å². The third-order valence-electron chi connectivity index (χ3n) is 3.80. The van der Waals surface area contributed by atoms with Crippen molar-refractivity contribution < 1.29 is 4.74 Å². The first-order chi connectivity index (χ1) is 9.88. The molecule has 0 aliphatic heterocycles. The summed E-state index contributed by atoms with van der Waals surface area (Å²) in [6, 6.07) is 6.31. The summed E-state index contributed by atoms with van der Waals surface area (Å²) in [5, 5.41) is 4.85. The van der Waals surface area contributed by atoms with Crippen molar-refractivity contribution in [2.75, 3.05) is 13.7 Å². The third-order valence-corrected chi connectivity index (χ3v) is 4.54. The van der Waals surface area contributed by atoms with E-state index in [1.807, 2.05) is 12.1 Å². The van der Waals surface area contributed by atoms with Crippen molar-refractivity contribution in [1.82, 2.24) is 5.32 Å². The summed E-state index contributed by atoms with van der Waals surface area (Å²) in [6.45, 7) is 7.47. The fraction of sp³-hybridized carbons (Fsp3) is 0.647. The van der Waals surface area contributed by atoms with Crippen LogP contribution in [0.15, 0.2) is 18.2 Å². The van der Waals surface area contributed by atoms with Crippen LogP contribution in [0, 0.1) is 0 Å². The molecule has 0 aliphatic rings. The van der Waals surface area contributed by atoms with Gasteiger partial charge in [0.25, 0.3) is 0 Å². The average Bonchev–Trinajstić information content (AvgIpc) is 2.45. The Morgan fingerprint density at radius 2 is 1.95 bits per heavy atom. The molecule has 1 atom stereocenters. The Morgan fingerprint density at radius 3 is 2.52 bits per heavy atom. The highest BCUT2D eigenvalue weighted by Gasteiger charge is 2.19.